The zero-order chi connectivity index (χ0) is 22.5. The van der Waals surface area contributed by atoms with Crippen LogP contribution in [0.4, 0.5) is 0 Å². The van der Waals surface area contributed by atoms with Gasteiger partial charge >= 0.3 is 0 Å². The molecule has 1 saturated heterocycles. The predicted octanol–water partition coefficient (Wildman–Crippen LogP) is 5.08. The quantitative estimate of drug-likeness (QED) is 0.384. The fourth-order valence-corrected chi connectivity index (χ4v) is 4.20. The van der Waals surface area contributed by atoms with E-state index in [4.69, 9.17) is 25.8 Å². The lowest BCUT2D eigenvalue weighted by Crippen LogP contribution is -2.47. The van der Waals surface area contributed by atoms with Gasteiger partial charge in [-0.3, -0.25) is 4.98 Å². The molecular formula is C26H24ClN3O3. The summed E-state index contributed by atoms with van der Waals surface area (Å²) < 4.78 is 20.6. The van der Waals surface area contributed by atoms with Crippen molar-refractivity contribution in [3.63, 3.8) is 0 Å². The highest BCUT2D eigenvalue weighted by molar-refractivity contribution is 6.31. The van der Waals surface area contributed by atoms with Crippen LogP contribution < -0.4 is 0 Å². The maximum absolute atomic E-state index is 6.50. The van der Waals surface area contributed by atoms with E-state index in [0.717, 1.165) is 22.3 Å². The van der Waals surface area contributed by atoms with Crippen molar-refractivity contribution < 1.29 is 14.2 Å². The molecule has 0 unspecified atom stereocenters. The maximum atomic E-state index is 6.50. The van der Waals surface area contributed by atoms with Gasteiger partial charge in [0.1, 0.15) is 6.10 Å². The molecule has 7 heteroatoms. The number of nitrogens with zero attached hydrogens (tertiary/aromatic N) is 3. The monoisotopic (exact) mass is 461 g/mol. The molecule has 3 heterocycles. The summed E-state index contributed by atoms with van der Waals surface area (Å²) in [7, 11) is 0. The molecule has 1 aliphatic heterocycles. The lowest BCUT2D eigenvalue weighted by molar-refractivity contribution is -0.313. The first-order valence-electron chi connectivity index (χ1n) is 10.8. The van der Waals surface area contributed by atoms with Crippen molar-refractivity contribution in [2.24, 2.45) is 0 Å². The fraction of sp³-hybridized carbons (Fsp3) is 0.231. The molecule has 1 fully saturated rings. The zero-order valence-electron chi connectivity index (χ0n) is 18.0. The summed E-state index contributed by atoms with van der Waals surface area (Å²) in [5, 5.41) is 0.603. The summed E-state index contributed by atoms with van der Waals surface area (Å²) >= 11 is 6.50. The molecule has 2 aromatic carbocycles. The van der Waals surface area contributed by atoms with Crippen LogP contribution >= 0.6 is 11.6 Å². The first kappa shape index (κ1) is 21.8. The van der Waals surface area contributed by atoms with Crippen LogP contribution in [0.5, 0.6) is 0 Å². The second kappa shape index (κ2) is 9.85. The average molecular weight is 462 g/mol. The summed E-state index contributed by atoms with van der Waals surface area (Å²) in [6.07, 6.45) is 8.76. The maximum Gasteiger partial charge on any atom is 0.215 e. The molecule has 6 nitrogen and oxygen atoms in total. The standard InChI is InChI=1S/C26H24ClN3O3/c27-25-4-2-1-3-24(25)26(18-30-14-13-29-19-30)32-16-23(17-33-26)31-15-20-5-7-21(8-6-20)22-9-11-28-12-10-22/h1-14,19,23H,15-18H2/t23-,26+. The molecule has 0 amide bonds. The number of hydrogen-bond donors (Lipinski definition) is 0. The Morgan fingerprint density at radius 1 is 0.909 bits per heavy atom. The molecule has 0 N–H and O–H groups in total. The molecular weight excluding hydrogens is 438 g/mol. The lowest BCUT2D eigenvalue weighted by atomic mass is 10.0. The van der Waals surface area contributed by atoms with Crippen molar-refractivity contribution in [3.05, 3.63) is 108 Å². The smallest absolute Gasteiger partial charge is 0.215 e. The molecule has 5 rings (SSSR count). The largest absolute Gasteiger partial charge is 0.369 e. The fourth-order valence-electron chi connectivity index (χ4n) is 3.92. The summed E-state index contributed by atoms with van der Waals surface area (Å²) in [6, 6.07) is 19.9. The highest BCUT2D eigenvalue weighted by Crippen LogP contribution is 2.37. The molecule has 0 atom stereocenters. The molecule has 1 aliphatic rings. The van der Waals surface area contributed by atoms with Crippen LogP contribution in [0, 0.1) is 0 Å². The number of halogens is 1. The van der Waals surface area contributed by atoms with Crippen molar-refractivity contribution in [1.82, 2.24) is 14.5 Å². The van der Waals surface area contributed by atoms with Gasteiger partial charge in [0.05, 0.1) is 32.7 Å². The average Bonchev–Trinajstić information content (AvgIpc) is 3.38. The minimum absolute atomic E-state index is 0.178. The number of benzene rings is 2. The normalized spacial score (nSPS) is 20.6. The SMILES string of the molecule is Clc1ccccc1[C@]1(Cn2ccnc2)OC[C@H](OCc2ccc(-c3ccncc3)cc2)CO1. The van der Waals surface area contributed by atoms with Crippen LogP contribution in [0.1, 0.15) is 11.1 Å². The molecule has 0 saturated carbocycles. The van der Waals surface area contributed by atoms with Gasteiger partial charge in [-0.15, -0.1) is 0 Å². The second-order valence-electron chi connectivity index (χ2n) is 7.96. The van der Waals surface area contributed by atoms with E-state index < -0.39 is 5.79 Å². The Hall–Kier alpha value is -3.03. The topological polar surface area (TPSA) is 58.4 Å². The Kier molecular flexibility index (Phi) is 6.51. The van der Waals surface area contributed by atoms with Crippen molar-refractivity contribution in [2.75, 3.05) is 13.2 Å². The van der Waals surface area contributed by atoms with Gasteiger partial charge in [0.2, 0.25) is 5.79 Å². The summed E-state index contributed by atoms with van der Waals surface area (Å²) in [6.45, 7) is 1.72. The molecule has 33 heavy (non-hydrogen) atoms. The molecule has 168 valence electrons. The Morgan fingerprint density at radius 2 is 1.64 bits per heavy atom. The van der Waals surface area contributed by atoms with Gasteiger partial charge in [0, 0.05) is 35.4 Å². The zero-order valence-corrected chi connectivity index (χ0v) is 18.8. The second-order valence-corrected chi connectivity index (χ2v) is 8.36. The van der Waals surface area contributed by atoms with Crippen molar-refractivity contribution in [2.45, 2.75) is 25.0 Å². The molecule has 0 bridgehead atoms. The van der Waals surface area contributed by atoms with Crippen LogP contribution in [0.2, 0.25) is 5.02 Å². The Balaban J connectivity index is 1.23. The Labute approximate surface area is 197 Å². The van der Waals surface area contributed by atoms with Crippen LogP contribution in [0.15, 0.2) is 91.8 Å². The van der Waals surface area contributed by atoms with Crippen LogP contribution in [-0.2, 0) is 33.1 Å². The number of pyridine rings is 1. The van der Waals surface area contributed by atoms with Crippen LogP contribution in [-0.4, -0.2) is 33.9 Å². The number of hydrogen-bond acceptors (Lipinski definition) is 5. The van der Waals surface area contributed by atoms with Gasteiger partial charge in [0.15, 0.2) is 0 Å². The van der Waals surface area contributed by atoms with E-state index in [-0.39, 0.29) is 6.10 Å². The summed E-state index contributed by atoms with van der Waals surface area (Å²) in [5.41, 5.74) is 4.18. The molecule has 2 aromatic heterocycles. The Morgan fingerprint density at radius 3 is 2.33 bits per heavy atom. The van der Waals surface area contributed by atoms with Gasteiger partial charge in [-0.1, -0.05) is 54.1 Å². The van der Waals surface area contributed by atoms with Gasteiger partial charge in [-0.2, -0.15) is 0 Å². The Bertz CT molecular complexity index is 1160. The van der Waals surface area contributed by atoms with Crippen molar-refractivity contribution >= 4 is 11.6 Å². The summed E-state index contributed by atoms with van der Waals surface area (Å²) in [5.74, 6) is -0.995. The van der Waals surface area contributed by atoms with E-state index in [1.807, 2.05) is 47.2 Å². The minimum atomic E-state index is -0.995. The van der Waals surface area contributed by atoms with Crippen molar-refractivity contribution in [3.8, 4) is 11.1 Å². The van der Waals surface area contributed by atoms with E-state index in [1.165, 1.54) is 0 Å². The first-order valence-corrected chi connectivity index (χ1v) is 11.2. The van der Waals surface area contributed by atoms with Gasteiger partial charge in [-0.25, -0.2) is 4.98 Å². The summed E-state index contributed by atoms with van der Waals surface area (Å²) in [4.78, 5) is 8.20. The van der Waals surface area contributed by atoms with Crippen LogP contribution in [0.25, 0.3) is 11.1 Å². The third-order valence-electron chi connectivity index (χ3n) is 5.69. The lowest BCUT2D eigenvalue weighted by Gasteiger charge is -2.40. The van der Waals surface area contributed by atoms with E-state index >= 15 is 0 Å². The number of imidazole rings is 1. The first-order chi connectivity index (χ1) is 16.2. The van der Waals surface area contributed by atoms with E-state index in [9.17, 15) is 0 Å². The molecule has 0 aliphatic carbocycles. The molecule has 0 spiro atoms. The van der Waals surface area contributed by atoms with Gasteiger partial charge in [-0.05, 0) is 34.9 Å². The van der Waals surface area contributed by atoms with Crippen molar-refractivity contribution in [1.29, 1.82) is 0 Å². The predicted molar refractivity (Wildman–Crippen MR) is 126 cm³/mol. The van der Waals surface area contributed by atoms with Crippen LogP contribution in [0.3, 0.4) is 0 Å². The third kappa shape index (κ3) is 4.99. The molecule has 0 radical (unpaired) electrons. The number of aromatic nitrogens is 3. The highest BCUT2D eigenvalue weighted by atomic mass is 35.5. The number of ether oxygens (including phenoxy) is 3. The minimum Gasteiger partial charge on any atom is -0.369 e. The molecule has 4 aromatic rings. The van der Waals surface area contributed by atoms with Gasteiger partial charge < -0.3 is 18.8 Å². The number of rotatable bonds is 7. The van der Waals surface area contributed by atoms with Gasteiger partial charge in [0.25, 0.3) is 0 Å². The van der Waals surface area contributed by atoms with E-state index in [2.05, 4.69) is 34.2 Å². The third-order valence-corrected chi connectivity index (χ3v) is 6.02. The van der Waals surface area contributed by atoms with E-state index in [0.29, 0.717) is 31.4 Å². The van der Waals surface area contributed by atoms with E-state index in [1.54, 1.807) is 24.9 Å². The highest BCUT2D eigenvalue weighted by Gasteiger charge is 2.41.